The Kier molecular flexibility index (Phi) is 3.25. The highest BCUT2D eigenvalue weighted by Gasteiger charge is 1.96. The highest BCUT2D eigenvalue weighted by Crippen LogP contribution is 2.08. The summed E-state index contributed by atoms with van der Waals surface area (Å²) in [5.74, 6) is 0. The number of anilines is 1. The number of nitrogen functional groups attached to an aromatic ring is 1. The molecule has 0 bridgehead atoms. The second-order valence-electron chi connectivity index (χ2n) is 4.13. The molecule has 1 aromatic heterocycles. The molecule has 0 fully saturated rings. The Morgan fingerprint density at radius 2 is 2.00 bits per heavy atom. The summed E-state index contributed by atoms with van der Waals surface area (Å²) in [6.45, 7) is 3.03. The molecule has 0 aliphatic carbocycles. The molecule has 0 radical (unpaired) electrons. The van der Waals surface area contributed by atoms with Crippen molar-refractivity contribution in [3.05, 3.63) is 47.8 Å². The number of rotatable bonds is 4. The van der Waals surface area contributed by atoms with Gasteiger partial charge in [0, 0.05) is 18.4 Å². The van der Waals surface area contributed by atoms with Crippen molar-refractivity contribution in [3.63, 3.8) is 0 Å². The topological polar surface area (TPSA) is 43.8 Å². The summed E-state index contributed by atoms with van der Waals surface area (Å²) >= 11 is 0. The van der Waals surface area contributed by atoms with Crippen molar-refractivity contribution in [3.8, 4) is 0 Å². The number of hydrogen-bond donors (Lipinski definition) is 1. The second-order valence-corrected chi connectivity index (χ2v) is 4.13. The quantitative estimate of drug-likeness (QED) is 0.796. The summed E-state index contributed by atoms with van der Waals surface area (Å²) in [5.41, 5.74) is 9.01. The minimum atomic E-state index is 0.825. The van der Waals surface area contributed by atoms with E-state index in [9.17, 15) is 0 Å². The fourth-order valence-corrected chi connectivity index (χ4v) is 1.72. The number of benzene rings is 1. The molecule has 2 N–H and O–H groups in total. The molecule has 0 unspecified atom stereocenters. The normalized spacial score (nSPS) is 10.6. The Morgan fingerprint density at radius 1 is 1.25 bits per heavy atom. The van der Waals surface area contributed by atoms with E-state index in [4.69, 9.17) is 5.73 Å². The van der Waals surface area contributed by atoms with E-state index in [-0.39, 0.29) is 0 Å². The molecule has 0 saturated carbocycles. The molecule has 0 aliphatic heterocycles. The molecule has 2 aromatic rings. The zero-order chi connectivity index (χ0) is 11.4. The van der Waals surface area contributed by atoms with Gasteiger partial charge in [-0.05, 0) is 43.0 Å². The zero-order valence-corrected chi connectivity index (χ0v) is 9.56. The summed E-state index contributed by atoms with van der Waals surface area (Å²) in [5, 5.41) is 4.26. The third-order valence-electron chi connectivity index (χ3n) is 2.59. The highest BCUT2D eigenvalue weighted by molar-refractivity contribution is 5.39. The minimum Gasteiger partial charge on any atom is -0.399 e. The smallest absolute Gasteiger partial charge is 0.0518 e. The minimum absolute atomic E-state index is 0.825. The van der Waals surface area contributed by atoms with Crippen LogP contribution in [0.5, 0.6) is 0 Å². The standard InChI is InChI=1S/C13H17N3/c1-11-9-15-16(10-11)8-2-3-12-4-6-13(14)7-5-12/h4-7,9-10H,2-3,8,14H2,1H3. The van der Waals surface area contributed by atoms with Gasteiger partial charge in [-0.1, -0.05) is 12.1 Å². The maximum atomic E-state index is 5.64. The molecular weight excluding hydrogens is 198 g/mol. The first kappa shape index (κ1) is 10.7. The molecule has 1 heterocycles. The van der Waals surface area contributed by atoms with Crippen molar-refractivity contribution in [2.75, 3.05) is 5.73 Å². The van der Waals surface area contributed by atoms with Gasteiger partial charge in [0.2, 0.25) is 0 Å². The van der Waals surface area contributed by atoms with E-state index in [0.29, 0.717) is 0 Å². The number of aromatic nitrogens is 2. The van der Waals surface area contributed by atoms with E-state index >= 15 is 0 Å². The van der Waals surface area contributed by atoms with Crippen LogP contribution < -0.4 is 5.73 Å². The maximum Gasteiger partial charge on any atom is 0.0518 e. The van der Waals surface area contributed by atoms with E-state index in [2.05, 4.69) is 30.4 Å². The van der Waals surface area contributed by atoms with Gasteiger partial charge in [0.05, 0.1) is 6.20 Å². The molecule has 2 rings (SSSR count). The zero-order valence-electron chi connectivity index (χ0n) is 9.56. The van der Waals surface area contributed by atoms with Crippen LogP contribution in [-0.2, 0) is 13.0 Å². The first-order valence-corrected chi connectivity index (χ1v) is 5.57. The van der Waals surface area contributed by atoms with Crippen molar-refractivity contribution in [1.82, 2.24) is 9.78 Å². The summed E-state index contributed by atoms with van der Waals surface area (Å²) in [7, 11) is 0. The van der Waals surface area contributed by atoms with Gasteiger partial charge < -0.3 is 5.73 Å². The first-order chi connectivity index (χ1) is 7.74. The molecule has 16 heavy (non-hydrogen) atoms. The lowest BCUT2D eigenvalue weighted by atomic mass is 10.1. The number of aryl methyl sites for hydroxylation is 3. The van der Waals surface area contributed by atoms with Crippen LogP contribution in [0.2, 0.25) is 0 Å². The maximum absolute atomic E-state index is 5.64. The van der Waals surface area contributed by atoms with Crippen LogP contribution in [0.4, 0.5) is 5.69 Å². The van der Waals surface area contributed by atoms with Gasteiger partial charge in [-0.15, -0.1) is 0 Å². The average molecular weight is 215 g/mol. The fourth-order valence-electron chi connectivity index (χ4n) is 1.72. The van der Waals surface area contributed by atoms with E-state index in [1.165, 1.54) is 11.1 Å². The van der Waals surface area contributed by atoms with Gasteiger partial charge in [-0.25, -0.2) is 0 Å². The Labute approximate surface area is 95.9 Å². The summed E-state index contributed by atoms with van der Waals surface area (Å²) in [6.07, 6.45) is 6.14. The van der Waals surface area contributed by atoms with Crippen molar-refractivity contribution in [2.45, 2.75) is 26.3 Å². The molecule has 0 amide bonds. The monoisotopic (exact) mass is 215 g/mol. The summed E-state index contributed by atoms with van der Waals surface area (Å²) in [6, 6.07) is 8.08. The molecule has 84 valence electrons. The highest BCUT2D eigenvalue weighted by atomic mass is 15.3. The van der Waals surface area contributed by atoms with Crippen LogP contribution in [0.25, 0.3) is 0 Å². The van der Waals surface area contributed by atoms with Gasteiger partial charge in [-0.3, -0.25) is 4.68 Å². The van der Waals surface area contributed by atoms with Crippen LogP contribution >= 0.6 is 0 Å². The third kappa shape index (κ3) is 2.86. The molecule has 0 aliphatic rings. The molecule has 3 nitrogen and oxygen atoms in total. The lowest BCUT2D eigenvalue weighted by Crippen LogP contribution is -1.99. The molecule has 3 heteroatoms. The fraction of sp³-hybridized carbons (Fsp3) is 0.308. The summed E-state index contributed by atoms with van der Waals surface area (Å²) < 4.78 is 1.99. The number of nitrogens with zero attached hydrogens (tertiary/aromatic N) is 2. The van der Waals surface area contributed by atoms with Crippen molar-refractivity contribution in [2.24, 2.45) is 0 Å². The SMILES string of the molecule is Cc1cnn(CCCc2ccc(N)cc2)c1. The lowest BCUT2D eigenvalue weighted by molar-refractivity contribution is 0.578. The summed E-state index contributed by atoms with van der Waals surface area (Å²) in [4.78, 5) is 0. The predicted octanol–water partition coefficient (Wildman–Crippen LogP) is 2.41. The van der Waals surface area contributed by atoms with Crippen molar-refractivity contribution >= 4 is 5.69 Å². The van der Waals surface area contributed by atoms with Crippen LogP contribution in [0.15, 0.2) is 36.7 Å². The van der Waals surface area contributed by atoms with Crippen molar-refractivity contribution in [1.29, 1.82) is 0 Å². The Balaban J connectivity index is 1.82. The largest absolute Gasteiger partial charge is 0.399 e. The van der Waals surface area contributed by atoms with E-state index < -0.39 is 0 Å². The third-order valence-corrected chi connectivity index (χ3v) is 2.59. The molecule has 0 atom stereocenters. The van der Waals surface area contributed by atoms with E-state index in [1.54, 1.807) is 0 Å². The van der Waals surface area contributed by atoms with Crippen LogP contribution in [0.3, 0.4) is 0 Å². The molecular formula is C13H17N3. The van der Waals surface area contributed by atoms with Gasteiger partial charge in [0.25, 0.3) is 0 Å². The van der Waals surface area contributed by atoms with Gasteiger partial charge >= 0.3 is 0 Å². The van der Waals surface area contributed by atoms with E-state index in [1.807, 2.05) is 23.0 Å². The predicted molar refractivity (Wildman–Crippen MR) is 66.1 cm³/mol. The van der Waals surface area contributed by atoms with Gasteiger partial charge in [-0.2, -0.15) is 5.10 Å². The average Bonchev–Trinajstić information content (AvgIpc) is 2.67. The Morgan fingerprint density at radius 3 is 2.62 bits per heavy atom. The van der Waals surface area contributed by atoms with Gasteiger partial charge in [0.1, 0.15) is 0 Å². The Bertz CT molecular complexity index is 442. The molecule has 1 aromatic carbocycles. The first-order valence-electron chi connectivity index (χ1n) is 5.57. The lowest BCUT2D eigenvalue weighted by Gasteiger charge is -2.02. The van der Waals surface area contributed by atoms with E-state index in [0.717, 1.165) is 25.1 Å². The van der Waals surface area contributed by atoms with Crippen LogP contribution in [0, 0.1) is 6.92 Å². The van der Waals surface area contributed by atoms with Crippen LogP contribution in [-0.4, -0.2) is 9.78 Å². The van der Waals surface area contributed by atoms with Crippen molar-refractivity contribution < 1.29 is 0 Å². The Hall–Kier alpha value is -1.77. The number of hydrogen-bond acceptors (Lipinski definition) is 2. The van der Waals surface area contributed by atoms with Crippen LogP contribution in [0.1, 0.15) is 17.5 Å². The number of nitrogens with two attached hydrogens (primary N) is 1. The van der Waals surface area contributed by atoms with Gasteiger partial charge in [0.15, 0.2) is 0 Å². The molecule has 0 saturated heterocycles. The molecule has 0 spiro atoms. The second kappa shape index (κ2) is 4.84.